The fourth-order valence-electron chi connectivity index (χ4n) is 3.22. The number of hydrogen-bond acceptors (Lipinski definition) is 4. The van der Waals surface area contributed by atoms with Gasteiger partial charge >= 0.3 is 5.91 Å². The molecule has 4 rings (SSSR count). The van der Waals surface area contributed by atoms with Gasteiger partial charge in [0, 0.05) is 12.6 Å². The molecule has 0 spiro atoms. The van der Waals surface area contributed by atoms with E-state index in [0.29, 0.717) is 22.3 Å². The summed E-state index contributed by atoms with van der Waals surface area (Å²) in [6.07, 6.45) is 0.904. The first-order valence-electron chi connectivity index (χ1n) is 8.85. The predicted octanol–water partition coefficient (Wildman–Crippen LogP) is 4.13. The van der Waals surface area contributed by atoms with Crippen molar-refractivity contribution in [3.05, 3.63) is 74.9 Å². The zero-order chi connectivity index (χ0) is 19.0. The average molecular weight is 378 g/mol. The number of para-hydroxylation sites is 2. The van der Waals surface area contributed by atoms with E-state index >= 15 is 0 Å². The van der Waals surface area contributed by atoms with Crippen LogP contribution in [0.4, 0.5) is 0 Å². The van der Waals surface area contributed by atoms with E-state index in [2.05, 4.69) is 18.0 Å². The van der Waals surface area contributed by atoms with Gasteiger partial charge in [0.05, 0.1) is 15.6 Å². The molecule has 2 heterocycles. The molecule has 0 radical (unpaired) electrons. The van der Waals surface area contributed by atoms with Gasteiger partial charge < -0.3 is 8.98 Å². The summed E-state index contributed by atoms with van der Waals surface area (Å²) in [4.78, 5) is 29.8. The minimum Gasteiger partial charge on any atom is -0.451 e. The van der Waals surface area contributed by atoms with Crippen molar-refractivity contribution in [2.45, 2.75) is 26.8 Å². The summed E-state index contributed by atoms with van der Waals surface area (Å²) in [5.74, 6) is -0.598. The number of carbonyl (C=O) groups excluding carboxylic acids is 1. The second-order valence-corrected chi connectivity index (χ2v) is 7.14. The minimum atomic E-state index is -0.551. The maximum atomic E-state index is 12.7. The fourth-order valence-corrected chi connectivity index (χ4v) is 4.36. The number of benzene rings is 2. The Hall–Kier alpha value is -2.99. The van der Waals surface area contributed by atoms with Crippen molar-refractivity contribution in [2.24, 2.45) is 4.99 Å². The van der Waals surface area contributed by atoms with Crippen LogP contribution in [0.5, 0.6) is 0 Å². The van der Waals surface area contributed by atoms with Crippen LogP contribution < -0.4 is 10.2 Å². The molecule has 0 aliphatic heterocycles. The Morgan fingerprint density at radius 1 is 1.15 bits per heavy atom. The van der Waals surface area contributed by atoms with E-state index in [-0.39, 0.29) is 11.2 Å². The van der Waals surface area contributed by atoms with E-state index in [9.17, 15) is 9.59 Å². The summed E-state index contributed by atoms with van der Waals surface area (Å²) in [6, 6.07) is 14.2. The molecule has 0 bridgehead atoms. The number of thiazole rings is 1. The molecule has 0 unspecified atom stereocenters. The van der Waals surface area contributed by atoms with Crippen LogP contribution in [0, 0.1) is 0 Å². The van der Waals surface area contributed by atoms with Crippen LogP contribution in [-0.4, -0.2) is 10.5 Å². The maximum Gasteiger partial charge on any atom is 0.315 e. The second kappa shape index (κ2) is 6.96. The van der Waals surface area contributed by atoms with E-state index in [1.54, 1.807) is 24.3 Å². The summed E-state index contributed by atoms with van der Waals surface area (Å²) in [5.41, 5.74) is 2.47. The van der Waals surface area contributed by atoms with Crippen molar-refractivity contribution < 1.29 is 9.21 Å². The third-order valence-corrected chi connectivity index (χ3v) is 5.57. The molecular weight excluding hydrogens is 360 g/mol. The Kier molecular flexibility index (Phi) is 4.49. The molecule has 0 fully saturated rings. The highest BCUT2D eigenvalue weighted by molar-refractivity contribution is 7.16. The molecule has 0 aliphatic rings. The lowest BCUT2D eigenvalue weighted by molar-refractivity contribution is 0.0972. The van der Waals surface area contributed by atoms with Crippen molar-refractivity contribution in [1.29, 1.82) is 0 Å². The van der Waals surface area contributed by atoms with Crippen molar-refractivity contribution in [3.8, 4) is 0 Å². The molecule has 0 aliphatic carbocycles. The zero-order valence-electron chi connectivity index (χ0n) is 15.1. The first-order chi connectivity index (χ1) is 13.1. The van der Waals surface area contributed by atoms with Crippen LogP contribution in [0.3, 0.4) is 0 Å². The van der Waals surface area contributed by atoms with E-state index in [1.807, 2.05) is 23.6 Å². The highest BCUT2D eigenvalue weighted by Crippen LogP contribution is 2.22. The maximum absolute atomic E-state index is 12.7. The lowest BCUT2D eigenvalue weighted by Gasteiger charge is -2.05. The van der Waals surface area contributed by atoms with Crippen LogP contribution >= 0.6 is 11.3 Å². The van der Waals surface area contributed by atoms with Gasteiger partial charge in [0.15, 0.2) is 16.0 Å². The number of nitrogens with zero attached hydrogens (tertiary/aromatic N) is 2. The van der Waals surface area contributed by atoms with Gasteiger partial charge in [0.1, 0.15) is 5.58 Å². The van der Waals surface area contributed by atoms with Crippen LogP contribution in [0.2, 0.25) is 0 Å². The molecule has 2 aromatic carbocycles. The first-order valence-corrected chi connectivity index (χ1v) is 9.67. The lowest BCUT2D eigenvalue weighted by atomic mass is 10.1. The quantitative estimate of drug-likeness (QED) is 0.538. The molecule has 27 heavy (non-hydrogen) atoms. The molecule has 1 amide bonds. The molecular formula is C21H18N2O3S. The van der Waals surface area contributed by atoms with Crippen LogP contribution in [0.1, 0.15) is 30.0 Å². The van der Waals surface area contributed by atoms with Gasteiger partial charge in [-0.25, -0.2) is 0 Å². The van der Waals surface area contributed by atoms with Crippen molar-refractivity contribution in [3.63, 3.8) is 0 Å². The topological polar surface area (TPSA) is 64.6 Å². The highest BCUT2D eigenvalue weighted by Gasteiger charge is 2.14. The molecule has 2 aromatic heterocycles. The summed E-state index contributed by atoms with van der Waals surface area (Å²) in [6.45, 7) is 4.83. The van der Waals surface area contributed by atoms with Crippen molar-refractivity contribution >= 4 is 38.4 Å². The third kappa shape index (κ3) is 3.02. The summed E-state index contributed by atoms with van der Waals surface area (Å²) in [5, 5.41) is 0.451. The Balaban J connectivity index is 1.89. The minimum absolute atomic E-state index is 0.0467. The molecule has 5 nitrogen and oxygen atoms in total. The smallest absolute Gasteiger partial charge is 0.315 e. The summed E-state index contributed by atoms with van der Waals surface area (Å²) < 4.78 is 8.74. The largest absolute Gasteiger partial charge is 0.451 e. The monoisotopic (exact) mass is 378 g/mol. The zero-order valence-corrected chi connectivity index (χ0v) is 15.9. The number of fused-ring (bicyclic) bond motifs is 2. The number of hydrogen-bond donors (Lipinski definition) is 0. The molecule has 136 valence electrons. The third-order valence-electron chi connectivity index (χ3n) is 4.52. The van der Waals surface area contributed by atoms with Crippen LogP contribution in [0.15, 0.2) is 62.7 Å². The van der Waals surface area contributed by atoms with Crippen LogP contribution in [-0.2, 0) is 13.0 Å². The number of amides is 1. The van der Waals surface area contributed by atoms with E-state index < -0.39 is 5.91 Å². The Bertz CT molecular complexity index is 1290. The molecule has 4 aromatic rings. The van der Waals surface area contributed by atoms with Gasteiger partial charge in [0.25, 0.3) is 0 Å². The van der Waals surface area contributed by atoms with Crippen LogP contribution in [0.25, 0.3) is 21.2 Å². The number of aromatic nitrogens is 1. The first kappa shape index (κ1) is 17.4. The van der Waals surface area contributed by atoms with Gasteiger partial charge in [-0.2, -0.15) is 4.99 Å². The van der Waals surface area contributed by atoms with Gasteiger partial charge in [-0.1, -0.05) is 42.5 Å². The standard InChI is InChI=1S/C21H18N2O3S/c1-3-13-8-7-11-18-19(13)23(4-2)21(27-18)22-20(25)17-12-15(24)14-9-5-6-10-16(14)26-17/h5-12H,3-4H2,1-2H3. The SMILES string of the molecule is CCc1cccc2sc(=NC(=O)c3cc(=O)c4ccccc4o3)n(CC)c12. The Morgan fingerprint density at radius 3 is 2.74 bits per heavy atom. The molecule has 6 heteroatoms. The van der Waals surface area contributed by atoms with E-state index in [0.717, 1.165) is 16.6 Å². The lowest BCUT2D eigenvalue weighted by Crippen LogP contribution is -2.17. The van der Waals surface area contributed by atoms with Gasteiger partial charge in [-0.15, -0.1) is 0 Å². The summed E-state index contributed by atoms with van der Waals surface area (Å²) in [7, 11) is 0. The number of carbonyl (C=O) groups is 1. The van der Waals surface area contributed by atoms with Crippen molar-refractivity contribution in [2.75, 3.05) is 0 Å². The normalized spacial score (nSPS) is 12.1. The molecule has 0 atom stereocenters. The molecule has 0 saturated carbocycles. The van der Waals surface area contributed by atoms with Gasteiger partial charge in [-0.05, 0) is 37.1 Å². The van der Waals surface area contributed by atoms with E-state index in [4.69, 9.17) is 4.42 Å². The molecule has 0 N–H and O–H groups in total. The average Bonchev–Trinajstić information content (AvgIpc) is 3.04. The Labute approximate surface area is 159 Å². The summed E-state index contributed by atoms with van der Waals surface area (Å²) >= 11 is 1.46. The highest BCUT2D eigenvalue weighted by atomic mass is 32.1. The van der Waals surface area contributed by atoms with Crippen molar-refractivity contribution in [1.82, 2.24) is 4.57 Å². The van der Waals surface area contributed by atoms with Gasteiger partial charge in [-0.3, -0.25) is 9.59 Å². The Morgan fingerprint density at radius 2 is 1.96 bits per heavy atom. The van der Waals surface area contributed by atoms with Gasteiger partial charge in [0.2, 0.25) is 0 Å². The molecule has 0 saturated heterocycles. The number of rotatable bonds is 3. The predicted molar refractivity (Wildman–Crippen MR) is 107 cm³/mol. The second-order valence-electron chi connectivity index (χ2n) is 6.13. The van der Waals surface area contributed by atoms with E-state index in [1.165, 1.54) is 23.0 Å². The number of aryl methyl sites for hydroxylation is 2. The fraction of sp³-hybridized carbons (Fsp3) is 0.190.